The van der Waals surface area contributed by atoms with Crippen molar-refractivity contribution < 1.29 is 14.3 Å². The van der Waals surface area contributed by atoms with E-state index in [2.05, 4.69) is 26.5 Å². The van der Waals surface area contributed by atoms with Gasteiger partial charge in [0.2, 0.25) is 6.79 Å². The summed E-state index contributed by atoms with van der Waals surface area (Å²) in [5.41, 5.74) is 5.58. The van der Waals surface area contributed by atoms with E-state index in [0.29, 0.717) is 22.8 Å². The maximum absolute atomic E-state index is 12.5. The third kappa shape index (κ3) is 3.85. The summed E-state index contributed by atoms with van der Waals surface area (Å²) < 4.78 is 11.6. The van der Waals surface area contributed by atoms with E-state index in [1.54, 1.807) is 18.2 Å². The molecule has 6 heteroatoms. The van der Waals surface area contributed by atoms with Gasteiger partial charge in [-0.15, -0.1) is 0 Å². The van der Waals surface area contributed by atoms with Crippen LogP contribution in [0.2, 0.25) is 0 Å². The fraction of sp³-hybridized carbons (Fsp3) is 0.0476. The highest BCUT2D eigenvalue weighted by atomic mass is 79.9. The molecule has 134 valence electrons. The second-order valence-electron chi connectivity index (χ2n) is 5.84. The normalized spacial score (nSPS) is 12.7. The predicted octanol–water partition coefficient (Wildman–Crippen LogP) is 4.36. The highest BCUT2D eigenvalue weighted by Gasteiger charge is 2.16. The van der Waals surface area contributed by atoms with E-state index in [0.717, 1.165) is 15.6 Å². The molecule has 1 aliphatic rings. The Hall–Kier alpha value is -3.12. The SMILES string of the molecule is O=C(NN=C(c1ccccc1)c1ccc(Br)cc1)c1ccc2c(c1)OCO2. The standard InChI is InChI=1S/C21H15BrN2O3/c22-17-9-6-15(7-10-17)20(14-4-2-1-3-5-14)23-24-21(25)16-8-11-18-19(12-16)27-13-26-18/h1-12H,13H2,(H,24,25). The molecule has 0 radical (unpaired) electrons. The summed E-state index contributed by atoms with van der Waals surface area (Å²) in [5.74, 6) is 0.872. The summed E-state index contributed by atoms with van der Waals surface area (Å²) >= 11 is 3.44. The van der Waals surface area contributed by atoms with Crippen molar-refractivity contribution >= 4 is 27.5 Å². The number of fused-ring (bicyclic) bond motifs is 1. The number of hydrogen-bond acceptors (Lipinski definition) is 4. The lowest BCUT2D eigenvalue weighted by Crippen LogP contribution is -2.20. The van der Waals surface area contributed by atoms with E-state index in [4.69, 9.17) is 9.47 Å². The highest BCUT2D eigenvalue weighted by molar-refractivity contribution is 9.10. The van der Waals surface area contributed by atoms with Crippen LogP contribution < -0.4 is 14.9 Å². The van der Waals surface area contributed by atoms with E-state index in [1.807, 2.05) is 54.6 Å². The first-order chi connectivity index (χ1) is 13.2. The zero-order chi connectivity index (χ0) is 18.6. The lowest BCUT2D eigenvalue weighted by molar-refractivity contribution is 0.0954. The van der Waals surface area contributed by atoms with E-state index in [-0.39, 0.29) is 12.7 Å². The lowest BCUT2D eigenvalue weighted by atomic mass is 10.0. The van der Waals surface area contributed by atoms with Gasteiger partial charge >= 0.3 is 0 Å². The molecule has 0 atom stereocenters. The van der Waals surface area contributed by atoms with Gasteiger partial charge < -0.3 is 9.47 Å². The van der Waals surface area contributed by atoms with Crippen molar-refractivity contribution in [3.63, 3.8) is 0 Å². The first kappa shape index (κ1) is 17.3. The van der Waals surface area contributed by atoms with Crippen LogP contribution in [0.5, 0.6) is 11.5 Å². The van der Waals surface area contributed by atoms with Gasteiger partial charge in [-0.1, -0.05) is 58.4 Å². The van der Waals surface area contributed by atoms with Crippen LogP contribution in [-0.4, -0.2) is 18.4 Å². The molecule has 1 heterocycles. The molecule has 1 aliphatic heterocycles. The third-order valence-corrected chi connectivity index (χ3v) is 4.60. The van der Waals surface area contributed by atoms with Crippen LogP contribution in [0.3, 0.4) is 0 Å². The molecule has 0 saturated carbocycles. The Morgan fingerprint density at radius 3 is 2.30 bits per heavy atom. The molecule has 0 fully saturated rings. The molecular weight excluding hydrogens is 408 g/mol. The fourth-order valence-electron chi connectivity index (χ4n) is 2.71. The molecule has 1 amide bonds. The Morgan fingerprint density at radius 2 is 1.52 bits per heavy atom. The van der Waals surface area contributed by atoms with Crippen LogP contribution in [0.15, 0.2) is 82.4 Å². The van der Waals surface area contributed by atoms with E-state index in [1.165, 1.54) is 0 Å². The molecule has 27 heavy (non-hydrogen) atoms. The molecule has 1 N–H and O–H groups in total. The summed E-state index contributed by atoms with van der Waals surface area (Å²) in [6.45, 7) is 0.167. The van der Waals surface area contributed by atoms with Crippen molar-refractivity contribution in [2.24, 2.45) is 5.10 Å². The predicted molar refractivity (Wildman–Crippen MR) is 106 cm³/mol. The van der Waals surface area contributed by atoms with Gasteiger partial charge in [0.25, 0.3) is 5.91 Å². The Labute approximate surface area is 164 Å². The average molecular weight is 423 g/mol. The van der Waals surface area contributed by atoms with Crippen molar-refractivity contribution in [3.8, 4) is 11.5 Å². The number of hydrazone groups is 1. The molecule has 3 aromatic rings. The zero-order valence-corrected chi connectivity index (χ0v) is 15.8. The number of carbonyl (C=O) groups is 1. The first-order valence-corrected chi connectivity index (χ1v) is 9.09. The highest BCUT2D eigenvalue weighted by Crippen LogP contribution is 2.32. The second-order valence-corrected chi connectivity index (χ2v) is 6.76. The summed E-state index contributed by atoms with van der Waals surface area (Å²) in [5, 5.41) is 4.39. The van der Waals surface area contributed by atoms with Crippen molar-refractivity contribution in [2.75, 3.05) is 6.79 Å². The molecule has 0 bridgehead atoms. The van der Waals surface area contributed by atoms with Crippen molar-refractivity contribution in [2.45, 2.75) is 0 Å². The van der Waals surface area contributed by atoms with Gasteiger partial charge in [-0.3, -0.25) is 4.79 Å². The van der Waals surface area contributed by atoms with Gasteiger partial charge in [0.15, 0.2) is 11.5 Å². The number of rotatable bonds is 4. The number of nitrogens with zero attached hydrogens (tertiary/aromatic N) is 1. The van der Waals surface area contributed by atoms with Crippen LogP contribution >= 0.6 is 15.9 Å². The number of ether oxygens (including phenoxy) is 2. The average Bonchev–Trinajstić information content (AvgIpc) is 3.18. The monoisotopic (exact) mass is 422 g/mol. The molecule has 0 aromatic heterocycles. The van der Waals surface area contributed by atoms with Crippen LogP contribution in [0.25, 0.3) is 0 Å². The Morgan fingerprint density at radius 1 is 0.852 bits per heavy atom. The minimum Gasteiger partial charge on any atom is -0.454 e. The summed E-state index contributed by atoms with van der Waals surface area (Å²) in [4.78, 5) is 12.5. The molecule has 4 rings (SSSR count). The number of halogens is 1. The van der Waals surface area contributed by atoms with Gasteiger partial charge in [0, 0.05) is 21.2 Å². The van der Waals surface area contributed by atoms with Crippen molar-refractivity contribution in [1.29, 1.82) is 0 Å². The minimum absolute atomic E-state index is 0.167. The van der Waals surface area contributed by atoms with Gasteiger partial charge in [0.1, 0.15) is 0 Å². The molecule has 3 aromatic carbocycles. The maximum Gasteiger partial charge on any atom is 0.271 e. The number of amides is 1. The van der Waals surface area contributed by atoms with Crippen LogP contribution in [0.4, 0.5) is 0 Å². The number of benzene rings is 3. The maximum atomic E-state index is 12.5. The second kappa shape index (κ2) is 7.63. The molecule has 0 spiro atoms. The Kier molecular flexibility index (Phi) is 4.89. The summed E-state index contributed by atoms with van der Waals surface area (Å²) in [6, 6.07) is 22.5. The molecule has 0 aliphatic carbocycles. The zero-order valence-electron chi connectivity index (χ0n) is 14.2. The molecule has 5 nitrogen and oxygen atoms in total. The van der Waals surface area contributed by atoms with E-state index >= 15 is 0 Å². The van der Waals surface area contributed by atoms with E-state index in [9.17, 15) is 4.79 Å². The molecule has 0 unspecified atom stereocenters. The Bertz CT molecular complexity index is 1000. The fourth-order valence-corrected chi connectivity index (χ4v) is 2.97. The van der Waals surface area contributed by atoms with Gasteiger partial charge in [-0.2, -0.15) is 5.10 Å². The Balaban J connectivity index is 1.63. The molecule has 0 saturated heterocycles. The third-order valence-electron chi connectivity index (χ3n) is 4.07. The van der Waals surface area contributed by atoms with Gasteiger partial charge in [0.05, 0.1) is 5.71 Å². The smallest absolute Gasteiger partial charge is 0.271 e. The van der Waals surface area contributed by atoms with Crippen molar-refractivity contribution in [1.82, 2.24) is 5.43 Å². The summed E-state index contributed by atoms with van der Waals surface area (Å²) in [6.07, 6.45) is 0. The lowest BCUT2D eigenvalue weighted by Gasteiger charge is -2.08. The quantitative estimate of drug-likeness (QED) is 0.501. The number of hydrogen-bond donors (Lipinski definition) is 1. The van der Waals surface area contributed by atoms with Crippen LogP contribution in [0, 0.1) is 0 Å². The minimum atomic E-state index is -0.321. The molecular formula is C21H15BrN2O3. The first-order valence-electron chi connectivity index (χ1n) is 8.30. The largest absolute Gasteiger partial charge is 0.454 e. The van der Waals surface area contributed by atoms with Gasteiger partial charge in [-0.25, -0.2) is 5.43 Å². The topological polar surface area (TPSA) is 59.9 Å². The number of nitrogens with one attached hydrogen (secondary N) is 1. The van der Waals surface area contributed by atoms with Crippen LogP contribution in [-0.2, 0) is 0 Å². The van der Waals surface area contributed by atoms with Crippen LogP contribution in [0.1, 0.15) is 21.5 Å². The van der Waals surface area contributed by atoms with Gasteiger partial charge in [-0.05, 0) is 30.3 Å². The van der Waals surface area contributed by atoms with E-state index < -0.39 is 0 Å². The van der Waals surface area contributed by atoms with Crippen molar-refractivity contribution in [3.05, 3.63) is 94.0 Å². The number of carbonyl (C=O) groups excluding carboxylic acids is 1. The summed E-state index contributed by atoms with van der Waals surface area (Å²) in [7, 11) is 0.